The number of alkyl halides is 6. The van der Waals surface area contributed by atoms with Crippen LogP contribution < -0.4 is 0 Å². The summed E-state index contributed by atoms with van der Waals surface area (Å²) in [6, 6.07) is 9.93. The van der Waals surface area contributed by atoms with Gasteiger partial charge in [-0.1, -0.05) is 24.3 Å². The first-order valence-electron chi connectivity index (χ1n) is 7.93. The Morgan fingerprint density at radius 3 is 2.04 bits per heavy atom. The second kappa shape index (κ2) is 5.91. The summed E-state index contributed by atoms with van der Waals surface area (Å²) in [6.07, 6.45) is -8.96. The summed E-state index contributed by atoms with van der Waals surface area (Å²) in [7, 11) is 0.883. The number of fused-ring (bicyclic) bond motifs is 3. The third-order valence-corrected chi connectivity index (χ3v) is 4.29. The summed E-state index contributed by atoms with van der Waals surface area (Å²) >= 11 is 0. The van der Waals surface area contributed by atoms with Crippen LogP contribution in [0.25, 0.3) is 33.3 Å². The molecule has 0 aliphatic rings. The van der Waals surface area contributed by atoms with Gasteiger partial charge in [0.25, 0.3) is 0 Å². The van der Waals surface area contributed by atoms with Gasteiger partial charge in [-0.25, -0.2) is 9.97 Å². The number of rotatable bonds is 1. The number of halogens is 6. The molecule has 0 fully saturated rings. The number of pyridine rings is 2. The van der Waals surface area contributed by atoms with E-state index in [-0.39, 0.29) is 5.69 Å². The van der Waals surface area contributed by atoms with Crippen LogP contribution in [0.5, 0.6) is 0 Å². The molecule has 4 aromatic rings. The molecule has 0 aliphatic carbocycles. The molecule has 0 radical (unpaired) electrons. The Kier molecular flexibility index (Phi) is 3.84. The average molecular weight is 396 g/mol. The van der Waals surface area contributed by atoms with Gasteiger partial charge in [0.2, 0.25) is 0 Å². The van der Waals surface area contributed by atoms with Crippen molar-refractivity contribution in [3.8, 4) is 11.5 Å². The molecule has 0 saturated carbocycles. The van der Waals surface area contributed by atoms with Crippen LogP contribution in [0.15, 0.2) is 42.6 Å². The molecule has 0 saturated heterocycles. The second-order valence-corrected chi connectivity index (χ2v) is 6.10. The highest BCUT2D eigenvalue weighted by Crippen LogP contribution is 2.41. The zero-order valence-electron chi connectivity index (χ0n) is 14.1. The second-order valence-electron chi connectivity index (χ2n) is 6.10. The quantitative estimate of drug-likeness (QED) is 0.327. The summed E-state index contributed by atoms with van der Waals surface area (Å²) in [5.74, 6) is -0.533. The van der Waals surface area contributed by atoms with Crippen LogP contribution in [0.1, 0.15) is 11.4 Å². The third-order valence-electron chi connectivity index (χ3n) is 4.29. The molecule has 0 spiro atoms. The van der Waals surface area contributed by atoms with Gasteiger partial charge >= 0.3 is 12.4 Å². The SMILES string of the molecule is Cn1c(-c2ccc3ccc4cccnc4c3n2)nc(C(F)(F)F)c1C(F)(F)F. The van der Waals surface area contributed by atoms with Crippen LogP contribution in [-0.2, 0) is 19.4 Å². The predicted molar refractivity (Wildman–Crippen MR) is 89.3 cm³/mol. The van der Waals surface area contributed by atoms with E-state index in [4.69, 9.17) is 0 Å². The normalized spacial score (nSPS) is 12.8. The minimum absolute atomic E-state index is 0.117. The molecule has 0 unspecified atom stereocenters. The van der Waals surface area contributed by atoms with Crippen LogP contribution in [0.4, 0.5) is 26.3 Å². The Morgan fingerprint density at radius 1 is 0.786 bits per heavy atom. The highest BCUT2D eigenvalue weighted by molar-refractivity contribution is 6.03. The molecule has 0 aliphatic heterocycles. The van der Waals surface area contributed by atoms with Gasteiger partial charge in [-0.3, -0.25) is 4.98 Å². The summed E-state index contributed by atoms with van der Waals surface area (Å²) in [5.41, 5.74) is -3.12. The van der Waals surface area contributed by atoms with Crippen molar-refractivity contribution >= 4 is 21.8 Å². The molecule has 3 aromatic heterocycles. The average Bonchev–Trinajstić information content (AvgIpc) is 2.99. The number of hydrogen-bond donors (Lipinski definition) is 0. The summed E-state index contributed by atoms with van der Waals surface area (Å²) in [4.78, 5) is 11.7. The first-order valence-corrected chi connectivity index (χ1v) is 7.93. The van der Waals surface area contributed by atoms with E-state index >= 15 is 0 Å². The third kappa shape index (κ3) is 2.85. The van der Waals surface area contributed by atoms with E-state index < -0.39 is 29.6 Å². The highest BCUT2D eigenvalue weighted by atomic mass is 19.4. The smallest absolute Gasteiger partial charge is 0.322 e. The molecule has 0 amide bonds. The fraction of sp³-hybridized carbons (Fsp3) is 0.167. The Hall–Kier alpha value is -3.17. The Balaban J connectivity index is 2.00. The molecular formula is C18H10F6N4. The predicted octanol–water partition coefficient (Wildman–Crippen LogP) is 5.22. The summed E-state index contributed by atoms with van der Waals surface area (Å²) in [6.45, 7) is 0. The maximum Gasteiger partial charge on any atom is 0.435 e. The lowest BCUT2D eigenvalue weighted by molar-refractivity contribution is -0.167. The molecule has 28 heavy (non-hydrogen) atoms. The minimum atomic E-state index is -5.26. The van der Waals surface area contributed by atoms with E-state index in [1.54, 1.807) is 30.3 Å². The minimum Gasteiger partial charge on any atom is -0.322 e. The van der Waals surface area contributed by atoms with Crippen molar-refractivity contribution in [1.29, 1.82) is 0 Å². The lowest BCUT2D eigenvalue weighted by atomic mass is 10.1. The van der Waals surface area contributed by atoms with Crippen molar-refractivity contribution in [2.45, 2.75) is 12.4 Å². The van der Waals surface area contributed by atoms with Crippen LogP contribution >= 0.6 is 0 Å². The summed E-state index contributed by atoms with van der Waals surface area (Å²) < 4.78 is 79.5. The van der Waals surface area contributed by atoms with E-state index in [0.717, 1.165) is 12.4 Å². The maximum absolute atomic E-state index is 13.2. The maximum atomic E-state index is 13.2. The van der Waals surface area contributed by atoms with Gasteiger partial charge in [0.15, 0.2) is 17.2 Å². The molecule has 4 nitrogen and oxygen atoms in total. The van der Waals surface area contributed by atoms with Gasteiger partial charge in [0.1, 0.15) is 5.69 Å². The molecule has 0 N–H and O–H groups in total. The first-order chi connectivity index (χ1) is 13.1. The summed E-state index contributed by atoms with van der Waals surface area (Å²) in [5, 5.41) is 1.39. The van der Waals surface area contributed by atoms with Gasteiger partial charge in [-0.15, -0.1) is 0 Å². The van der Waals surface area contributed by atoms with Crippen molar-refractivity contribution < 1.29 is 26.3 Å². The molecule has 10 heteroatoms. The largest absolute Gasteiger partial charge is 0.435 e. The Bertz CT molecular complexity index is 1210. The van der Waals surface area contributed by atoms with E-state index in [9.17, 15) is 26.3 Å². The number of imidazole rings is 1. The van der Waals surface area contributed by atoms with Crippen molar-refractivity contribution in [3.63, 3.8) is 0 Å². The van der Waals surface area contributed by atoms with Gasteiger partial charge < -0.3 is 4.57 Å². The number of aromatic nitrogens is 4. The lowest BCUT2D eigenvalue weighted by Gasteiger charge is -2.12. The standard InChI is InChI=1S/C18H10F6N4/c1-28-15(18(22,23)24)14(17(19,20)21)27-16(28)11-7-6-10-5-4-9-3-2-8-25-12(9)13(10)26-11/h2-8H,1H3. The highest BCUT2D eigenvalue weighted by Gasteiger charge is 2.48. The van der Waals surface area contributed by atoms with Gasteiger partial charge in [-0.05, 0) is 12.1 Å². The molecule has 0 bridgehead atoms. The van der Waals surface area contributed by atoms with Gasteiger partial charge in [0.05, 0.1) is 11.0 Å². The van der Waals surface area contributed by atoms with Gasteiger partial charge in [0, 0.05) is 24.0 Å². The fourth-order valence-corrected chi connectivity index (χ4v) is 3.10. The van der Waals surface area contributed by atoms with Crippen molar-refractivity contribution in [2.75, 3.05) is 0 Å². The molecule has 0 atom stereocenters. The Labute approximate surface area is 153 Å². The van der Waals surface area contributed by atoms with Crippen LogP contribution in [-0.4, -0.2) is 19.5 Å². The number of hydrogen-bond acceptors (Lipinski definition) is 3. The zero-order chi connectivity index (χ0) is 20.3. The molecular weight excluding hydrogens is 386 g/mol. The zero-order valence-corrected chi connectivity index (χ0v) is 14.1. The van der Waals surface area contributed by atoms with Crippen LogP contribution in [0.3, 0.4) is 0 Å². The van der Waals surface area contributed by atoms with Crippen molar-refractivity contribution in [1.82, 2.24) is 19.5 Å². The van der Waals surface area contributed by atoms with Crippen LogP contribution in [0.2, 0.25) is 0 Å². The van der Waals surface area contributed by atoms with E-state index in [1.807, 2.05) is 0 Å². The molecule has 144 valence electrons. The van der Waals surface area contributed by atoms with E-state index in [0.29, 0.717) is 21.0 Å². The molecule has 4 rings (SSSR count). The van der Waals surface area contributed by atoms with Crippen molar-refractivity contribution in [3.05, 3.63) is 54.0 Å². The van der Waals surface area contributed by atoms with Crippen molar-refractivity contribution in [2.24, 2.45) is 7.05 Å². The first kappa shape index (κ1) is 18.2. The fourth-order valence-electron chi connectivity index (χ4n) is 3.10. The Morgan fingerprint density at radius 2 is 1.43 bits per heavy atom. The lowest BCUT2D eigenvalue weighted by Crippen LogP contribution is -2.18. The number of benzene rings is 1. The van der Waals surface area contributed by atoms with Gasteiger partial charge in [-0.2, -0.15) is 26.3 Å². The van der Waals surface area contributed by atoms with Crippen LogP contribution in [0, 0.1) is 0 Å². The van der Waals surface area contributed by atoms with E-state index in [1.165, 1.54) is 12.3 Å². The topological polar surface area (TPSA) is 43.6 Å². The van der Waals surface area contributed by atoms with E-state index in [2.05, 4.69) is 15.0 Å². The monoisotopic (exact) mass is 396 g/mol. The number of nitrogens with zero attached hydrogens (tertiary/aromatic N) is 4. The molecule has 3 heterocycles. The molecule has 1 aromatic carbocycles.